The number of benzene rings is 1. The van der Waals surface area contributed by atoms with E-state index in [-0.39, 0.29) is 11.9 Å². The van der Waals surface area contributed by atoms with Crippen LogP contribution in [-0.2, 0) is 6.42 Å². The second-order valence-corrected chi connectivity index (χ2v) is 5.94. The average Bonchev–Trinajstić information content (AvgIpc) is 2.59. The molecule has 1 aliphatic rings. The maximum atomic E-state index is 6.37. The van der Waals surface area contributed by atoms with Gasteiger partial charge in [-0.05, 0) is 36.5 Å². The molecule has 1 atom stereocenters. The van der Waals surface area contributed by atoms with Crippen LogP contribution in [0.5, 0.6) is 5.75 Å². The van der Waals surface area contributed by atoms with Crippen LogP contribution >= 0.6 is 11.6 Å². The molecule has 1 unspecified atom stereocenters. The van der Waals surface area contributed by atoms with Crippen molar-refractivity contribution < 1.29 is 4.74 Å². The molecule has 1 aliphatic carbocycles. The van der Waals surface area contributed by atoms with Crippen LogP contribution in [0.25, 0.3) is 0 Å². The average molecular weight is 344 g/mol. The second kappa shape index (κ2) is 6.88. The summed E-state index contributed by atoms with van der Waals surface area (Å²) in [6.07, 6.45) is 3.12. The molecule has 0 fully saturated rings. The van der Waals surface area contributed by atoms with Crippen molar-refractivity contribution in [1.29, 1.82) is 0 Å². The van der Waals surface area contributed by atoms with Crippen molar-refractivity contribution >= 4 is 23.3 Å². The van der Waals surface area contributed by atoms with E-state index in [1.165, 1.54) is 0 Å². The largest absolute Gasteiger partial charge is 0.496 e. The Morgan fingerprint density at radius 2 is 2.04 bits per heavy atom. The number of halogens is 1. The van der Waals surface area contributed by atoms with Crippen LogP contribution in [0, 0.1) is 0 Å². The highest BCUT2D eigenvalue weighted by atomic mass is 35.5. The Bertz CT molecular complexity index is 814. The summed E-state index contributed by atoms with van der Waals surface area (Å²) in [5, 5.41) is 8.78. The first-order chi connectivity index (χ1) is 11.6. The van der Waals surface area contributed by atoms with Crippen LogP contribution in [0.2, 0.25) is 5.02 Å². The molecule has 6 nitrogen and oxygen atoms in total. The van der Waals surface area contributed by atoms with E-state index in [9.17, 15) is 0 Å². The van der Waals surface area contributed by atoms with E-state index >= 15 is 0 Å². The van der Waals surface area contributed by atoms with Gasteiger partial charge in [-0.3, -0.25) is 4.98 Å². The fraction of sp³-hybridized carbons (Fsp3) is 0.235. The highest BCUT2D eigenvalue weighted by Gasteiger charge is 2.29. The number of ether oxygens (including phenoxy) is 1. The minimum absolute atomic E-state index is 0.0909. The van der Waals surface area contributed by atoms with Gasteiger partial charge in [-0.1, -0.05) is 29.8 Å². The van der Waals surface area contributed by atoms with Gasteiger partial charge in [0.15, 0.2) is 0 Å². The normalized spacial score (nSPS) is 18.1. The number of hydrogen-bond acceptors (Lipinski definition) is 4. The van der Waals surface area contributed by atoms with Crippen LogP contribution in [0.15, 0.2) is 46.7 Å². The molecule has 0 aliphatic heterocycles. The van der Waals surface area contributed by atoms with Gasteiger partial charge in [0.05, 0.1) is 24.1 Å². The van der Waals surface area contributed by atoms with Crippen molar-refractivity contribution in [2.24, 2.45) is 21.7 Å². The third kappa shape index (κ3) is 3.19. The molecule has 0 bridgehead atoms. The molecule has 0 spiro atoms. The molecule has 4 N–H and O–H groups in total. The molecule has 0 radical (unpaired) electrons. The summed E-state index contributed by atoms with van der Waals surface area (Å²) in [5.74, 6) is 0.771. The number of hydrogen-bond donors (Lipinski definition) is 2. The fourth-order valence-corrected chi connectivity index (χ4v) is 3.28. The molecule has 0 saturated carbocycles. The highest BCUT2D eigenvalue weighted by Crippen LogP contribution is 2.38. The van der Waals surface area contributed by atoms with Crippen LogP contribution in [0.4, 0.5) is 0 Å². The smallest absolute Gasteiger partial charge is 0.211 e. The first-order valence-electron chi connectivity index (χ1n) is 7.52. The molecule has 2 aromatic rings. The lowest BCUT2D eigenvalue weighted by Crippen LogP contribution is -2.24. The summed E-state index contributed by atoms with van der Waals surface area (Å²) in [6, 6.07) is 9.61. The van der Waals surface area contributed by atoms with Crippen molar-refractivity contribution in [2.75, 3.05) is 7.11 Å². The lowest BCUT2D eigenvalue weighted by molar-refractivity contribution is 0.411. The number of fused-ring (bicyclic) bond motifs is 1. The molecular weight excluding hydrogens is 326 g/mol. The lowest BCUT2D eigenvalue weighted by Gasteiger charge is -2.26. The molecule has 7 heteroatoms. The van der Waals surface area contributed by atoms with E-state index < -0.39 is 0 Å². The zero-order chi connectivity index (χ0) is 17.1. The summed E-state index contributed by atoms with van der Waals surface area (Å²) < 4.78 is 5.46. The van der Waals surface area contributed by atoms with Crippen molar-refractivity contribution in [3.05, 3.63) is 58.4 Å². The van der Waals surface area contributed by atoms with E-state index in [0.717, 1.165) is 34.0 Å². The minimum atomic E-state index is -0.0909. The van der Waals surface area contributed by atoms with Crippen molar-refractivity contribution in [3.63, 3.8) is 0 Å². The van der Waals surface area contributed by atoms with Gasteiger partial charge in [-0.25, -0.2) is 0 Å². The van der Waals surface area contributed by atoms with E-state index in [1.54, 1.807) is 19.4 Å². The van der Waals surface area contributed by atoms with Crippen LogP contribution in [-0.4, -0.2) is 23.8 Å². The number of methoxy groups -OCH3 is 1. The number of rotatable bonds is 3. The number of guanidine groups is 1. The molecule has 3 rings (SSSR count). The first-order valence-corrected chi connectivity index (χ1v) is 7.90. The number of pyridine rings is 1. The number of aromatic nitrogens is 1. The third-order valence-corrected chi connectivity index (χ3v) is 4.35. The third-order valence-electron chi connectivity index (χ3n) is 4.01. The summed E-state index contributed by atoms with van der Waals surface area (Å²) in [5.41, 5.74) is 14.4. The Hall–Kier alpha value is -2.60. The Labute approximate surface area is 145 Å². The minimum Gasteiger partial charge on any atom is -0.496 e. The Morgan fingerprint density at radius 1 is 1.25 bits per heavy atom. The predicted molar refractivity (Wildman–Crippen MR) is 95.6 cm³/mol. The van der Waals surface area contributed by atoms with Crippen LogP contribution in [0.3, 0.4) is 0 Å². The van der Waals surface area contributed by atoms with Crippen LogP contribution in [0.1, 0.15) is 29.2 Å². The fourth-order valence-electron chi connectivity index (χ4n) is 2.99. The van der Waals surface area contributed by atoms with E-state index in [0.29, 0.717) is 12.2 Å². The number of nitrogens with zero attached hydrogens (tertiary/aromatic N) is 3. The van der Waals surface area contributed by atoms with Crippen molar-refractivity contribution in [2.45, 2.75) is 18.8 Å². The zero-order valence-electron chi connectivity index (χ0n) is 13.2. The predicted octanol–water partition coefficient (Wildman–Crippen LogP) is 2.45. The Morgan fingerprint density at radius 3 is 2.75 bits per heavy atom. The highest BCUT2D eigenvalue weighted by molar-refractivity contribution is 6.31. The maximum Gasteiger partial charge on any atom is 0.211 e. The van der Waals surface area contributed by atoms with Gasteiger partial charge >= 0.3 is 0 Å². The molecule has 0 saturated heterocycles. The van der Waals surface area contributed by atoms with Gasteiger partial charge in [-0.2, -0.15) is 5.10 Å². The monoisotopic (exact) mass is 343 g/mol. The molecular formula is C17H18ClN5O. The van der Waals surface area contributed by atoms with Gasteiger partial charge in [0.1, 0.15) is 5.75 Å². The molecule has 1 heterocycles. The van der Waals surface area contributed by atoms with Gasteiger partial charge < -0.3 is 16.2 Å². The molecule has 24 heavy (non-hydrogen) atoms. The number of nitrogens with two attached hydrogens (primary N) is 2. The molecule has 1 aromatic heterocycles. The lowest BCUT2D eigenvalue weighted by atomic mass is 9.81. The van der Waals surface area contributed by atoms with Gasteiger partial charge in [-0.15, -0.1) is 5.10 Å². The zero-order valence-corrected chi connectivity index (χ0v) is 14.0. The van der Waals surface area contributed by atoms with Gasteiger partial charge in [0.2, 0.25) is 5.96 Å². The Balaban J connectivity index is 2.10. The van der Waals surface area contributed by atoms with Gasteiger partial charge in [0.25, 0.3) is 0 Å². The summed E-state index contributed by atoms with van der Waals surface area (Å²) in [7, 11) is 1.62. The van der Waals surface area contributed by atoms with E-state index in [2.05, 4.69) is 15.2 Å². The molecule has 0 amide bonds. The maximum absolute atomic E-state index is 6.37. The second-order valence-electron chi connectivity index (χ2n) is 5.53. The van der Waals surface area contributed by atoms with Gasteiger partial charge in [0, 0.05) is 11.2 Å². The molecule has 124 valence electrons. The van der Waals surface area contributed by atoms with Crippen molar-refractivity contribution in [1.82, 2.24) is 4.98 Å². The quantitative estimate of drug-likeness (QED) is 0.508. The van der Waals surface area contributed by atoms with E-state index in [4.69, 9.17) is 27.8 Å². The standard InChI is InChI=1S/C17H18ClN5O/c1-24-15-6-7-21-13-8-10(11-4-2-3-5-12(11)18)9-14(16(13)15)22-23-17(19)20/h2-7,10H,8-9H2,1H3,(H4,19,20,23)/b22-14-. The van der Waals surface area contributed by atoms with Crippen molar-refractivity contribution in [3.8, 4) is 5.75 Å². The summed E-state index contributed by atoms with van der Waals surface area (Å²) in [4.78, 5) is 4.50. The first kappa shape index (κ1) is 16.3. The Kier molecular flexibility index (Phi) is 4.66. The molecule has 1 aromatic carbocycles. The van der Waals surface area contributed by atoms with E-state index in [1.807, 2.05) is 24.3 Å². The summed E-state index contributed by atoms with van der Waals surface area (Å²) >= 11 is 6.37. The van der Waals surface area contributed by atoms with Crippen LogP contribution < -0.4 is 16.2 Å². The SMILES string of the molecule is COc1ccnc2c1/C(=N\N=C(N)N)CC(c1ccccc1Cl)C2. The topological polar surface area (TPSA) is 98.9 Å². The summed E-state index contributed by atoms with van der Waals surface area (Å²) in [6.45, 7) is 0.